The number of nitrogens with zero attached hydrogens (tertiary/aromatic N) is 1. The van der Waals surface area contributed by atoms with Gasteiger partial charge >= 0.3 is 0 Å². The first-order valence-corrected chi connectivity index (χ1v) is 6.79. The molecule has 0 spiro atoms. The molecule has 2 unspecified atom stereocenters. The topological polar surface area (TPSA) is 61.8 Å². The molecule has 0 aromatic carbocycles. The van der Waals surface area contributed by atoms with Crippen LogP contribution in [0.15, 0.2) is 0 Å². The van der Waals surface area contributed by atoms with Crippen molar-refractivity contribution >= 4 is 5.91 Å². The van der Waals surface area contributed by atoms with Crippen LogP contribution >= 0.6 is 0 Å². The molecule has 5 nitrogen and oxygen atoms in total. The second-order valence-corrected chi connectivity index (χ2v) is 5.96. The van der Waals surface area contributed by atoms with Gasteiger partial charge in [-0.25, -0.2) is 0 Å². The van der Waals surface area contributed by atoms with Crippen molar-refractivity contribution in [2.24, 2.45) is 0 Å². The number of rotatable bonds is 2. The van der Waals surface area contributed by atoms with Crippen LogP contribution in [-0.2, 0) is 9.53 Å². The van der Waals surface area contributed by atoms with E-state index in [1.165, 1.54) is 0 Å². The van der Waals surface area contributed by atoms with E-state index in [0.717, 1.165) is 32.5 Å². The minimum atomic E-state index is -0.256. The number of aliphatic hydroxyl groups is 1. The van der Waals surface area contributed by atoms with Crippen molar-refractivity contribution < 1.29 is 14.6 Å². The Kier molecular flexibility index (Phi) is 4.25. The number of ether oxygens (including phenoxy) is 1. The zero-order valence-electron chi connectivity index (χ0n) is 11.3. The minimum absolute atomic E-state index is 0.0405. The van der Waals surface area contributed by atoms with E-state index in [1.54, 1.807) is 0 Å². The highest BCUT2D eigenvalue weighted by Crippen LogP contribution is 2.25. The number of hydrogen-bond acceptors (Lipinski definition) is 4. The predicted octanol–water partition coefficient (Wildman–Crippen LogP) is 0.127. The van der Waals surface area contributed by atoms with Gasteiger partial charge in [-0.1, -0.05) is 0 Å². The number of aliphatic hydroxyl groups excluding tert-OH is 1. The molecule has 2 aliphatic rings. The van der Waals surface area contributed by atoms with Gasteiger partial charge in [0, 0.05) is 32.1 Å². The highest BCUT2D eigenvalue weighted by molar-refractivity contribution is 5.76. The van der Waals surface area contributed by atoms with E-state index in [-0.39, 0.29) is 30.3 Å². The Morgan fingerprint density at radius 1 is 1.56 bits per heavy atom. The fourth-order valence-corrected chi connectivity index (χ4v) is 2.98. The maximum Gasteiger partial charge on any atom is 0.221 e. The second kappa shape index (κ2) is 5.55. The Bertz CT molecular complexity index is 307. The van der Waals surface area contributed by atoms with Crippen LogP contribution in [0.4, 0.5) is 0 Å². The van der Waals surface area contributed by atoms with Gasteiger partial charge in [0.1, 0.15) is 0 Å². The first-order valence-electron chi connectivity index (χ1n) is 6.79. The van der Waals surface area contributed by atoms with Crippen LogP contribution in [0.5, 0.6) is 0 Å². The van der Waals surface area contributed by atoms with Crippen LogP contribution in [0.3, 0.4) is 0 Å². The normalized spacial score (nSPS) is 33.8. The van der Waals surface area contributed by atoms with E-state index >= 15 is 0 Å². The van der Waals surface area contributed by atoms with Gasteiger partial charge < -0.3 is 15.2 Å². The van der Waals surface area contributed by atoms with Crippen LogP contribution in [-0.4, -0.2) is 59.9 Å². The molecule has 0 saturated carbocycles. The highest BCUT2D eigenvalue weighted by Gasteiger charge is 2.36. The second-order valence-electron chi connectivity index (χ2n) is 5.96. The van der Waals surface area contributed by atoms with Crippen molar-refractivity contribution in [1.29, 1.82) is 0 Å². The molecule has 2 rings (SSSR count). The molecule has 0 bridgehead atoms. The predicted molar refractivity (Wildman–Crippen MR) is 68.3 cm³/mol. The molecule has 2 saturated heterocycles. The third-order valence-corrected chi connectivity index (χ3v) is 3.69. The summed E-state index contributed by atoms with van der Waals surface area (Å²) in [4.78, 5) is 13.9. The van der Waals surface area contributed by atoms with Crippen LogP contribution < -0.4 is 5.32 Å². The molecule has 2 N–H and O–H groups in total. The summed E-state index contributed by atoms with van der Waals surface area (Å²) in [5.74, 6) is 0.141. The quantitative estimate of drug-likeness (QED) is 0.737. The summed E-state index contributed by atoms with van der Waals surface area (Å²) in [7, 11) is 0. The Labute approximate surface area is 108 Å². The van der Waals surface area contributed by atoms with E-state index in [1.807, 2.05) is 13.8 Å². The minimum Gasteiger partial charge on any atom is -0.394 e. The summed E-state index contributed by atoms with van der Waals surface area (Å²) in [5.41, 5.74) is -0.256. The number of carbonyl (C=O) groups excluding carboxylic acids is 1. The maximum atomic E-state index is 11.6. The van der Waals surface area contributed by atoms with Gasteiger partial charge in [0.15, 0.2) is 0 Å². The lowest BCUT2D eigenvalue weighted by Crippen LogP contribution is -2.57. The standard InChI is InChI=1S/C13H24N2O3/c1-13(2)9-15(7-11(8-16)18-13)10-4-3-5-14-12(17)6-10/h10-11,16H,3-9H2,1-2H3,(H,14,17). The van der Waals surface area contributed by atoms with Gasteiger partial charge in [0.2, 0.25) is 5.91 Å². The summed E-state index contributed by atoms with van der Waals surface area (Å²) < 4.78 is 5.81. The fourth-order valence-electron chi connectivity index (χ4n) is 2.98. The summed E-state index contributed by atoms with van der Waals surface area (Å²) >= 11 is 0. The molecule has 2 atom stereocenters. The van der Waals surface area contributed by atoms with Crippen molar-refractivity contribution in [2.45, 2.75) is 50.9 Å². The van der Waals surface area contributed by atoms with Gasteiger partial charge in [0.25, 0.3) is 0 Å². The molecular weight excluding hydrogens is 232 g/mol. The van der Waals surface area contributed by atoms with E-state index in [4.69, 9.17) is 4.74 Å². The van der Waals surface area contributed by atoms with E-state index < -0.39 is 0 Å². The summed E-state index contributed by atoms with van der Waals surface area (Å²) in [6.45, 7) is 6.45. The molecule has 5 heteroatoms. The average Bonchev–Trinajstić information content (AvgIpc) is 2.51. The largest absolute Gasteiger partial charge is 0.394 e. The number of amides is 1. The van der Waals surface area contributed by atoms with Crippen LogP contribution in [0.1, 0.15) is 33.1 Å². The zero-order chi connectivity index (χ0) is 13.2. The van der Waals surface area contributed by atoms with Crippen molar-refractivity contribution in [3.05, 3.63) is 0 Å². The van der Waals surface area contributed by atoms with Crippen molar-refractivity contribution in [2.75, 3.05) is 26.2 Å². The van der Waals surface area contributed by atoms with Crippen molar-refractivity contribution in [3.8, 4) is 0 Å². The summed E-state index contributed by atoms with van der Waals surface area (Å²) in [5, 5.41) is 12.2. The van der Waals surface area contributed by atoms with E-state index in [9.17, 15) is 9.90 Å². The number of morpholine rings is 1. The van der Waals surface area contributed by atoms with Gasteiger partial charge in [-0.15, -0.1) is 0 Å². The number of carbonyl (C=O) groups is 1. The van der Waals surface area contributed by atoms with Gasteiger partial charge in [-0.3, -0.25) is 9.69 Å². The molecule has 0 radical (unpaired) electrons. The Morgan fingerprint density at radius 3 is 3.06 bits per heavy atom. The lowest BCUT2D eigenvalue weighted by atomic mass is 10.00. The number of hydrogen-bond donors (Lipinski definition) is 2. The van der Waals surface area contributed by atoms with E-state index in [0.29, 0.717) is 6.42 Å². The number of nitrogens with one attached hydrogen (secondary N) is 1. The fraction of sp³-hybridized carbons (Fsp3) is 0.923. The SMILES string of the molecule is CC1(C)CN(C2CCCNC(=O)C2)CC(CO)O1. The van der Waals surface area contributed by atoms with Crippen LogP contribution in [0, 0.1) is 0 Å². The average molecular weight is 256 g/mol. The molecule has 0 aromatic rings. The molecule has 2 fully saturated rings. The molecule has 18 heavy (non-hydrogen) atoms. The smallest absolute Gasteiger partial charge is 0.221 e. The first-order chi connectivity index (χ1) is 8.50. The van der Waals surface area contributed by atoms with Crippen molar-refractivity contribution in [3.63, 3.8) is 0 Å². The highest BCUT2D eigenvalue weighted by atomic mass is 16.5. The first kappa shape index (κ1) is 13.8. The molecule has 1 amide bonds. The molecule has 0 aromatic heterocycles. The Hall–Kier alpha value is -0.650. The van der Waals surface area contributed by atoms with Gasteiger partial charge in [-0.05, 0) is 26.7 Å². The Balaban J connectivity index is 2.03. The summed E-state index contributed by atoms with van der Waals surface area (Å²) in [6.07, 6.45) is 2.49. The molecule has 0 aliphatic carbocycles. The molecular formula is C13H24N2O3. The van der Waals surface area contributed by atoms with E-state index in [2.05, 4.69) is 10.2 Å². The van der Waals surface area contributed by atoms with Crippen LogP contribution in [0.2, 0.25) is 0 Å². The molecule has 2 heterocycles. The third kappa shape index (κ3) is 3.43. The maximum absolute atomic E-state index is 11.6. The monoisotopic (exact) mass is 256 g/mol. The van der Waals surface area contributed by atoms with Gasteiger partial charge in [-0.2, -0.15) is 0 Å². The lowest BCUT2D eigenvalue weighted by molar-refractivity contribution is -0.158. The summed E-state index contributed by atoms with van der Waals surface area (Å²) in [6, 6.07) is 0.282. The molecule has 104 valence electrons. The third-order valence-electron chi connectivity index (χ3n) is 3.69. The lowest BCUT2D eigenvalue weighted by Gasteiger charge is -2.45. The Morgan fingerprint density at radius 2 is 2.33 bits per heavy atom. The van der Waals surface area contributed by atoms with Gasteiger partial charge in [0.05, 0.1) is 18.3 Å². The molecule has 2 aliphatic heterocycles. The zero-order valence-corrected chi connectivity index (χ0v) is 11.3. The van der Waals surface area contributed by atoms with Crippen molar-refractivity contribution in [1.82, 2.24) is 10.2 Å². The van der Waals surface area contributed by atoms with Crippen LogP contribution in [0.25, 0.3) is 0 Å².